The summed E-state index contributed by atoms with van der Waals surface area (Å²) in [5, 5.41) is 14.7. The summed E-state index contributed by atoms with van der Waals surface area (Å²) in [5.41, 5.74) is 3.10. The molecule has 0 saturated carbocycles. The van der Waals surface area contributed by atoms with Crippen LogP contribution < -0.4 is 5.32 Å². The fourth-order valence-corrected chi connectivity index (χ4v) is 3.18. The number of rotatable bonds is 6. The van der Waals surface area contributed by atoms with Crippen molar-refractivity contribution in [2.75, 3.05) is 11.9 Å². The van der Waals surface area contributed by atoms with Gasteiger partial charge in [-0.15, -0.1) is 0 Å². The molecule has 2 aromatic carbocycles. The van der Waals surface area contributed by atoms with E-state index in [0.717, 1.165) is 21.9 Å². The van der Waals surface area contributed by atoms with E-state index in [-0.39, 0.29) is 6.42 Å². The zero-order valence-corrected chi connectivity index (χ0v) is 15.5. The maximum atomic E-state index is 10.8. The number of pyridine rings is 1. The standard InChI is InChI=1S/C21H21ClN2O2/c1-13(2)14-7-8-15-17(11-14)21(23-10-9-20(25)26)24-12-18(15)16-5-3-4-6-19(16)22/h3-8,11-13H,9-10H2,1-2H3,(H,23,24)(H,25,26). The fraction of sp³-hybridized carbons (Fsp3) is 0.238. The summed E-state index contributed by atoms with van der Waals surface area (Å²) in [7, 11) is 0. The Balaban J connectivity index is 2.14. The summed E-state index contributed by atoms with van der Waals surface area (Å²) in [6.45, 7) is 4.61. The highest BCUT2D eigenvalue weighted by Gasteiger charge is 2.13. The van der Waals surface area contributed by atoms with Crippen molar-refractivity contribution in [1.82, 2.24) is 4.98 Å². The van der Waals surface area contributed by atoms with Gasteiger partial charge in [-0.2, -0.15) is 0 Å². The van der Waals surface area contributed by atoms with E-state index in [2.05, 4.69) is 42.3 Å². The number of carboxylic acids is 1. The van der Waals surface area contributed by atoms with Gasteiger partial charge in [0.1, 0.15) is 5.82 Å². The lowest BCUT2D eigenvalue weighted by atomic mass is 9.95. The SMILES string of the molecule is CC(C)c1ccc2c(-c3ccccc3Cl)cnc(NCCC(=O)O)c2c1. The number of nitrogens with one attached hydrogen (secondary N) is 1. The molecule has 0 aliphatic rings. The van der Waals surface area contributed by atoms with Gasteiger partial charge >= 0.3 is 5.97 Å². The molecule has 3 aromatic rings. The number of anilines is 1. The molecule has 26 heavy (non-hydrogen) atoms. The fourth-order valence-electron chi connectivity index (χ4n) is 2.94. The molecule has 0 fully saturated rings. The van der Waals surface area contributed by atoms with Gasteiger partial charge in [0.15, 0.2) is 0 Å². The van der Waals surface area contributed by atoms with Crippen molar-refractivity contribution in [3.63, 3.8) is 0 Å². The third-order valence-corrected chi connectivity index (χ3v) is 4.70. The maximum absolute atomic E-state index is 10.8. The Hall–Kier alpha value is -2.59. The largest absolute Gasteiger partial charge is 0.481 e. The lowest BCUT2D eigenvalue weighted by molar-refractivity contribution is -0.136. The molecule has 5 heteroatoms. The normalized spacial score (nSPS) is 11.1. The molecular weight excluding hydrogens is 348 g/mol. The number of nitrogens with zero attached hydrogens (tertiary/aromatic N) is 1. The zero-order valence-electron chi connectivity index (χ0n) is 14.8. The molecule has 4 nitrogen and oxygen atoms in total. The van der Waals surface area contributed by atoms with Crippen molar-refractivity contribution >= 4 is 34.2 Å². The monoisotopic (exact) mass is 368 g/mol. The Labute approximate surface area is 157 Å². The van der Waals surface area contributed by atoms with Gasteiger partial charge in [-0.1, -0.05) is 55.8 Å². The Morgan fingerprint density at radius 3 is 2.62 bits per heavy atom. The number of carboxylic acid groups (broad SMARTS) is 1. The number of hydrogen-bond acceptors (Lipinski definition) is 3. The van der Waals surface area contributed by atoms with Gasteiger partial charge in [0.25, 0.3) is 0 Å². The van der Waals surface area contributed by atoms with Crippen molar-refractivity contribution in [2.45, 2.75) is 26.2 Å². The van der Waals surface area contributed by atoms with E-state index in [1.165, 1.54) is 5.56 Å². The molecule has 0 radical (unpaired) electrons. The summed E-state index contributed by atoms with van der Waals surface area (Å²) >= 11 is 6.39. The van der Waals surface area contributed by atoms with E-state index in [1.54, 1.807) is 6.20 Å². The van der Waals surface area contributed by atoms with Crippen LogP contribution in [0.5, 0.6) is 0 Å². The Morgan fingerprint density at radius 1 is 1.15 bits per heavy atom. The molecule has 0 atom stereocenters. The van der Waals surface area contributed by atoms with Gasteiger partial charge < -0.3 is 10.4 Å². The third kappa shape index (κ3) is 3.81. The average molecular weight is 369 g/mol. The minimum Gasteiger partial charge on any atom is -0.481 e. The second kappa shape index (κ2) is 7.75. The van der Waals surface area contributed by atoms with Crippen LogP contribution in [0.3, 0.4) is 0 Å². The van der Waals surface area contributed by atoms with Gasteiger partial charge in [-0.3, -0.25) is 4.79 Å². The Morgan fingerprint density at radius 2 is 1.92 bits per heavy atom. The molecule has 1 aromatic heterocycles. The molecule has 0 unspecified atom stereocenters. The van der Waals surface area contributed by atoms with Crippen LogP contribution in [0.4, 0.5) is 5.82 Å². The number of hydrogen-bond donors (Lipinski definition) is 2. The van der Waals surface area contributed by atoms with Gasteiger partial charge in [0.05, 0.1) is 6.42 Å². The predicted molar refractivity (Wildman–Crippen MR) is 107 cm³/mol. The van der Waals surface area contributed by atoms with Gasteiger partial charge in [0.2, 0.25) is 0 Å². The highest BCUT2D eigenvalue weighted by molar-refractivity contribution is 6.33. The number of halogens is 1. The number of fused-ring (bicyclic) bond motifs is 1. The van der Waals surface area contributed by atoms with E-state index in [9.17, 15) is 4.79 Å². The zero-order chi connectivity index (χ0) is 18.7. The number of carbonyl (C=O) groups is 1. The van der Waals surface area contributed by atoms with Crippen LogP contribution >= 0.6 is 11.6 Å². The van der Waals surface area contributed by atoms with Crippen LogP contribution in [0.15, 0.2) is 48.7 Å². The van der Waals surface area contributed by atoms with Crippen molar-refractivity contribution in [2.24, 2.45) is 0 Å². The first-order chi connectivity index (χ1) is 12.5. The topological polar surface area (TPSA) is 62.2 Å². The van der Waals surface area contributed by atoms with E-state index in [1.807, 2.05) is 24.3 Å². The molecule has 0 saturated heterocycles. The summed E-state index contributed by atoms with van der Waals surface area (Å²) in [6, 6.07) is 14.0. The minimum atomic E-state index is -0.836. The molecular formula is C21H21ClN2O2. The van der Waals surface area contributed by atoms with E-state index < -0.39 is 5.97 Å². The maximum Gasteiger partial charge on any atom is 0.305 e. The molecule has 134 valence electrons. The molecule has 2 N–H and O–H groups in total. The van der Waals surface area contributed by atoms with Crippen LogP contribution in [0.25, 0.3) is 21.9 Å². The summed E-state index contributed by atoms with van der Waals surface area (Å²) in [6.07, 6.45) is 1.83. The van der Waals surface area contributed by atoms with Crippen molar-refractivity contribution in [1.29, 1.82) is 0 Å². The smallest absolute Gasteiger partial charge is 0.305 e. The van der Waals surface area contributed by atoms with Crippen LogP contribution in [0, 0.1) is 0 Å². The van der Waals surface area contributed by atoms with E-state index in [4.69, 9.17) is 16.7 Å². The molecule has 0 aliphatic carbocycles. The number of aromatic nitrogens is 1. The van der Waals surface area contributed by atoms with Gasteiger partial charge in [-0.25, -0.2) is 4.98 Å². The van der Waals surface area contributed by atoms with Crippen molar-refractivity contribution < 1.29 is 9.90 Å². The molecule has 1 heterocycles. The first-order valence-electron chi connectivity index (χ1n) is 8.60. The second-order valence-electron chi connectivity index (χ2n) is 6.53. The van der Waals surface area contributed by atoms with Crippen molar-refractivity contribution in [3.05, 3.63) is 59.2 Å². The Kier molecular flexibility index (Phi) is 5.43. The first-order valence-corrected chi connectivity index (χ1v) is 8.98. The minimum absolute atomic E-state index is 0.0410. The van der Waals surface area contributed by atoms with Crippen molar-refractivity contribution in [3.8, 4) is 11.1 Å². The number of benzene rings is 2. The first kappa shape index (κ1) is 18.2. The van der Waals surface area contributed by atoms with Gasteiger partial charge in [-0.05, 0) is 29.0 Å². The molecule has 3 rings (SSSR count). The highest BCUT2D eigenvalue weighted by Crippen LogP contribution is 2.36. The summed E-state index contributed by atoms with van der Waals surface area (Å²) in [4.78, 5) is 15.4. The van der Waals surface area contributed by atoms with Crippen LogP contribution in [0.1, 0.15) is 31.7 Å². The summed E-state index contributed by atoms with van der Waals surface area (Å²) in [5.74, 6) is 0.243. The lowest BCUT2D eigenvalue weighted by Crippen LogP contribution is -2.09. The third-order valence-electron chi connectivity index (χ3n) is 4.37. The lowest BCUT2D eigenvalue weighted by Gasteiger charge is -2.15. The predicted octanol–water partition coefficient (Wildman–Crippen LogP) is 5.57. The molecule has 0 amide bonds. The van der Waals surface area contributed by atoms with E-state index in [0.29, 0.717) is 23.3 Å². The van der Waals surface area contributed by atoms with Crippen LogP contribution in [-0.2, 0) is 4.79 Å². The second-order valence-corrected chi connectivity index (χ2v) is 6.94. The molecule has 0 spiro atoms. The summed E-state index contributed by atoms with van der Waals surface area (Å²) < 4.78 is 0. The van der Waals surface area contributed by atoms with Crippen LogP contribution in [0.2, 0.25) is 5.02 Å². The highest BCUT2D eigenvalue weighted by atomic mass is 35.5. The molecule has 0 bridgehead atoms. The Bertz CT molecular complexity index is 954. The van der Waals surface area contributed by atoms with E-state index >= 15 is 0 Å². The average Bonchev–Trinajstić information content (AvgIpc) is 2.61. The number of aliphatic carboxylic acids is 1. The quantitative estimate of drug-likeness (QED) is 0.597. The van der Waals surface area contributed by atoms with Gasteiger partial charge in [0, 0.05) is 34.3 Å². The van der Waals surface area contributed by atoms with Crippen LogP contribution in [-0.4, -0.2) is 22.6 Å². The molecule has 0 aliphatic heterocycles.